The Morgan fingerprint density at radius 1 is 1.23 bits per heavy atom. The van der Waals surface area contributed by atoms with E-state index in [0.29, 0.717) is 31.0 Å². The van der Waals surface area contributed by atoms with E-state index in [1.54, 1.807) is 11.1 Å². The van der Waals surface area contributed by atoms with Gasteiger partial charge >= 0.3 is 0 Å². The molecular weight excluding hydrogens is 406 g/mol. The second kappa shape index (κ2) is 8.91. The van der Waals surface area contributed by atoms with E-state index in [2.05, 4.69) is 20.2 Å². The number of nitrogens with one attached hydrogen (secondary N) is 1. The summed E-state index contributed by atoms with van der Waals surface area (Å²) in [5, 5.41) is 27.1. The molecule has 2 aromatic heterocycles. The number of aromatic nitrogens is 4. The normalized spacial score (nSPS) is 15.9. The predicted octanol–water partition coefficient (Wildman–Crippen LogP) is 2.25. The summed E-state index contributed by atoms with van der Waals surface area (Å²) in [4.78, 5) is 22.2. The molecule has 1 fully saturated rings. The zero-order valence-electron chi connectivity index (χ0n) is 16.2. The Kier molecular flexibility index (Phi) is 6.08. The Bertz CT molecular complexity index is 1000. The van der Waals surface area contributed by atoms with Crippen LogP contribution in [0.4, 0.5) is 0 Å². The number of halogens is 1. The number of aliphatic hydroxyl groups excluding tert-OH is 2. The topological polar surface area (TPSA) is 115 Å². The maximum atomic E-state index is 12.1. The third kappa shape index (κ3) is 4.07. The Morgan fingerprint density at radius 3 is 2.60 bits per heavy atom. The molecule has 30 heavy (non-hydrogen) atoms. The van der Waals surface area contributed by atoms with Crippen molar-refractivity contribution in [2.45, 2.75) is 24.9 Å². The number of nitrogens with zero attached hydrogens (tertiary/aromatic N) is 4. The van der Waals surface area contributed by atoms with E-state index >= 15 is 0 Å². The summed E-state index contributed by atoms with van der Waals surface area (Å²) in [5.74, 6) is -0.280. The quantitative estimate of drug-likeness (QED) is 0.575. The first-order chi connectivity index (χ1) is 14.6. The second-order valence-electron chi connectivity index (χ2n) is 7.26. The largest absolute Gasteiger partial charge is 0.393 e. The molecule has 0 unspecified atom stereocenters. The van der Waals surface area contributed by atoms with E-state index in [1.807, 2.05) is 30.3 Å². The van der Waals surface area contributed by atoms with Crippen molar-refractivity contribution in [2.24, 2.45) is 0 Å². The van der Waals surface area contributed by atoms with E-state index in [4.69, 9.17) is 16.7 Å². The average molecular weight is 428 g/mol. The highest BCUT2D eigenvalue weighted by atomic mass is 35.5. The van der Waals surface area contributed by atoms with Crippen LogP contribution in [0, 0.1) is 0 Å². The molecule has 8 nitrogen and oxygen atoms in total. The average Bonchev–Trinajstić information content (AvgIpc) is 3.24. The summed E-state index contributed by atoms with van der Waals surface area (Å²) in [7, 11) is 0. The number of carbonyl (C=O) groups excluding carboxylic acids is 1. The van der Waals surface area contributed by atoms with Crippen molar-refractivity contribution >= 4 is 17.5 Å². The first-order valence-corrected chi connectivity index (χ1v) is 10.1. The first-order valence-electron chi connectivity index (χ1n) is 9.76. The fourth-order valence-corrected chi connectivity index (χ4v) is 3.97. The van der Waals surface area contributed by atoms with Crippen LogP contribution in [0.25, 0.3) is 22.5 Å². The lowest BCUT2D eigenvalue weighted by Gasteiger charge is -2.33. The summed E-state index contributed by atoms with van der Waals surface area (Å²) in [6.45, 7) is 0.430. The molecule has 0 saturated carbocycles. The molecule has 1 amide bonds. The van der Waals surface area contributed by atoms with Gasteiger partial charge in [0.15, 0.2) is 6.10 Å². The van der Waals surface area contributed by atoms with Gasteiger partial charge in [0, 0.05) is 47.0 Å². The minimum atomic E-state index is -1.36. The maximum Gasteiger partial charge on any atom is 0.253 e. The summed E-state index contributed by atoms with van der Waals surface area (Å²) >= 11 is 6.04. The van der Waals surface area contributed by atoms with E-state index in [1.165, 1.54) is 6.33 Å². The van der Waals surface area contributed by atoms with Crippen molar-refractivity contribution < 1.29 is 15.0 Å². The number of likely N-dealkylation sites (tertiary alicyclic amines) is 1. The van der Waals surface area contributed by atoms with Crippen LogP contribution in [0.5, 0.6) is 0 Å². The summed E-state index contributed by atoms with van der Waals surface area (Å²) in [6.07, 6.45) is 3.27. The van der Waals surface area contributed by atoms with Gasteiger partial charge in [0.05, 0.1) is 12.3 Å². The summed E-state index contributed by atoms with van der Waals surface area (Å²) in [6, 6.07) is 9.34. The molecular formula is C21H22ClN5O3. The standard InChI is InChI=1S/C21H22ClN5O3/c22-15-3-1-13(2-4-15)19-18(16-5-8-23-12-24-16)20(26-25-19)14-6-9-27(10-7-14)21(30)17(29)11-28/h1-5,8,12,14,17,28-29H,6-7,9-11H2,(H,25,26)/t17-/m1/s1. The number of carbonyl (C=O) groups is 1. The molecule has 1 aliphatic heterocycles. The van der Waals surface area contributed by atoms with Crippen LogP contribution in [0.1, 0.15) is 24.5 Å². The highest BCUT2D eigenvalue weighted by Crippen LogP contribution is 2.39. The zero-order valence-corrected chi connectivity index (χ0v) is 17.0. The van der Waals surface area contributed by atoms with Gasteiger partial charge in [-0.15, -0.1) is 0 Å². The van der Waals surface area contributed by atoms with Crippen molar-refractivity contribution in [1.82, 2.24) is 25.1 Å². The summed E-state index contributed by atoms with van der Waals surface area (Å²) in [5.41, 5.74) is 4.37. The number of amides is 1. The van der Waals surface area contributed by atoms with Gasteiger partial charge in [0.25, 0.3) is 5.91 Å². The molecule has 0 bridgehead atoms. The third-order valence-electron chi connectivity index (χ3n) is 5.42. The number of rotatable bonds is 5. The van der Waals surface area contributed by atoms with Gasteiger partial charge in [-0.3, -0.25) is 9.89 Å². The molecule has 1 atom stereocenters. The number of aliphatic hydroxyl groups is 2. The molecule has 1 saturated heterocycles. The SMILES string of the molecule is O=C([C@H](O)CO)N1CCC(c2[nH]nc(-c3ccc(Cl)cc3)c2-c2ccncn2)CC1. The molecule has 0 radical (unpaired) electrons. The van der Waals surface area contributed by atoms with Crippen LogP contribution < -0.4 is 0 Å². The number of hydrogen-bond donors (Lipinski definition) is 3. The van der Waals surface area contributed by atoms with Crippen LogP contribution >= 0.6 is 11.6 Å². The van der Waals surface area contributed by atoms with Crippen LogP contribution in [-0.2, 0) is 4.79 Å². The monoisotopic (exact) mass is 427 g/mol. The van der Waals surface area contributed by atoms with Crippen LogP contribution in [0.3, 0.4) is 0 Å². The molecule has 9 heteroatoms. The highest BCUT2D eigenvalue weighted by Gasteiger charge is 2.31. The number of piperidine rings is 1. The molecule has 156 valence electrons. The first kappa shape index (κ1) is 20.5. The molecule has 3 aromatic rings. The lowest BCUT2D eigenvalue weighted by atomic mass is 9.88. The van der Waals surface area contributed by atoms with E-state index < -0.39 is 18.6 Å². The van der Waals surface area contributed by atoms with Crippen molar-refractivity contribution in [3.8, 4) is 22.5 Å². The molecule has 0 aliphatic carbocycles. The number of benzene rings is 1. The Morgan fingerprint density at radius 2 is 1.97 bits per heavy atom. The third-order valence-corrected chi connectivity index (χ3v) is 5.67. The predicted molar refractivity (Wildman–Crippen MR) is 112 cm³/mol. The minimum Gasteiger partial charge on any atom is -0.393 e. The van der Waals surface area contributed by atoms with Crippen molar-refractivity contribution in [3.05, 3.63) is 53.6 Å². The van der Waals surface area contributed by atoms with Gasteiger partial charge in [0.1, 0.15) is 12.0 Å². The molecule has 3 N–H and O–H groups in total. The number of H-pyrrole nitrogens is 1. The second-order valence-corrected chi connectivity index (χ2v) is 7.70. The Balaban J connectivity index is 1.65. The zero-order chi connectivity index (χ0) is 21.1. The smallest absolute Gasteiger partial charge is 0.253 e. The van der Waals surface area contributed by atoms with Crippen molar-refractivity contribution in [3.63, 3.8) is 0 Å². The van der Waals surface area contributed by atoms with Crippen LogP contribution in [0.15, 0.2) is 42.9 Å². The van der Waals surface area contributed by atoms with E-state index in [0.717, 1.165) is 28.2 Å². The van der Waals surface area contributed by atoms with Crippen molar-refractivity contribution in [2.75, 3.05) is 19.7 Å². The summed E-state index contributed by atoms with van der Waals surface area (Å²) < 4.78 is 0. The minimum absolute atomic E-state index is 0.152. The molecule has 1 aliphatic rings. The van der Waals surface area contributed by atoms with Gasteiger partial charge in [-0.25, -0.2) is 9.97 Å². The van der Waals surface area contributed by atoms with E-state index in [9.17, 15) is 9.90 Å². The highest BCUT2D eigenvalue weighted by molar-refractivity contribution is 6.30. The van der Waals surface area contributed by atoms with E-state index in [-0.39, 0.29) is 5.92 Å². The molecule has 0 spiro atoms. The van der Waals surface area contributed by atoms with Gasteiger partial charge in [-0.1, -0.05) is 23.7 Å². The lowest BCUT2D eigenvalue weighted by molar-refractivity contribution is -0.143. The van der Waals surface area contributed by atoms with Gasteiger partial charge in [0.2, 0.25) is 0 Å². The van der Waals surface area contributed by atoms with Crippen LogP contribution in [0.2, 0.25) is 5.02 Å². The Hall–Kier alpha value is -2.81. The van der Waals surface area contributed by atoms with Crippen LogP contribution in [-0.4, -0.2) is 67.0 Å². The molecule has 4 rings (SSSR count). The Labute approximate surface area is 178 Å². The van der Waals surface area contributed by atoms with Gasteiger partial charge < -0.3 is 15.1 Å². The fourth-order valence-electron chi connectivity index (χ4n) is 3.84. The molecule has 3 heterocycles. The molecule has 1 aromatic carbocycles. The number of hydrogen-bond acceptors (Lipinski definition) is 6. The van der Waals surface area contributed by atoms with Gasteiger partial charge in [-0.05, 0) is 31.0 Å². The fraction of sp³-hybridized carbons (Fsp3) is 0.333. The van der Waals surface area contributed by atoms with Crippen molar-refractivity contribution in [1.29, 1.82) is 0 Å². The lowest BCUT2D eigenvalue weighted by Crippen LogP contribution is -2.44. The van der Waals surface area contributed by atoms with Gasteiger partial charge in [-0.2, -0.15) is 5.10 Å². The maximum absolute atomic E-state index is 12.1. The number of aromatic amines is 1.